The summed E-state index contributed by atoms with van der Waals surface area (Å²) in [7, 11) is 0. The summed E-state index contributed by atoms with van der Waals surface area (Å²) in [6.45, 7) is 4.20. The molecule has 0 fully saturated rings. The van der Waals surface area contributed by atoms with Gasteiger partial charge in [-0.15, -0.1) is 0 Å². The van der Waals surface area contributed by atoms with Crippen LogP contribution < -0.4 is 0 Å². The lowest BCUT2D eigenvalue weighted by molar-refractivity contribution is 0.139. The molecular formula is C18H22O. The number of hydrogen-bond donors (Lipinski definition) is 1. The number of aliphatic hydroxyl groups excluding tert-OH is 1. The van der Waals surface area contributed by atoms with Gasteiger partial charge in [0.15, 0.2) is 0 Å². The van der Waals surface area contributed by atoms with Crippen molar-refractivity contribution in [3.63, 3.8) is 0 Å². The summed E-state index contributed by atoms with van der Waals surface area (Å²) in [5.41, 5.74) is 3.66. The third-order valence-corrected chi connectivity index (χ3v) is 3.71. The summed E-state index contributed by atoms with van der Waals surface area (Å²) in [4.78, 5) is 0. The van der Waals surface area contributed by atoms with Gasteiger partial charge < -0.3 is 5.11 Å². The van der Waals surface area contributed by atoms with Gasteiger partial charge in [0.25, 0.3) is 0 Å². The first kappa shape index (κ1) is 13.8. The maximum Gasteiger partial charge on any atom is 0.0606 e. The van der Waals surface area contributed by atoms with E-state index in [0.717, 1.165) is 12.8 Å². The highest BCUT2D eigenvalue weighted by Gasteiger charge is 2.15. The molecule has 0 aliphatic rings. The summed E-state index contributed by atoms with van der Waals surface area (Å²) in [5.74, 6) is 0.199. The van der Waals surface area contributed by atoms with Crippen molar-refractivity contribution in [3.8, 4) is 11.1 Å². The lowest BCUT2D eigenvalue weighted by atomic mass is 9.91. The fourth-order valence-electron chi connectivity index (χ4n) is 2.38. The minimum absolute atomic E-state index is 0.199. The molecule has 2 aromatic carbocycles. The molecule has 100 valence electrons. The zero-order valence-corrected chi connectivity index (χ0v) is 11.7. The van der Waals surface area contributed by atoms with Gasteiger partial charge in [0.1, 0.15) is 0 Å². The molecule has 0 saturated heterocycles. The van der Waals surface area contributed by atoms with Crippen LogP contribution in [0, 0.1) is 0 Å². The number of rotatable bonds is 5. The van der Waals surface area contributed by atoms with Crippen molar-refractivity contribution in [1.82, 2.24) is 0 Å². The number of aliphatic hydroxyl groups is 1. The van der Waals surface area contributed by atoms with Crippen LogP contribution in [0.5, 0.6) is 0 Å². The predicted molar refractivity (Wildman–Crippen MR) is 81.2 cm³/mol. The Morgan fingerprint density at radius 1 is 0.895 bits per heavy atom. The molecule has 1 heteroatoms. The van der Waals surface area contributed by atoms with Gasteiger partial charge in [-0.2, -0.15) is 0 Å². The second kappa shape index (κ2) is 6.53. The minimum Gasteiger partial charge on any atom is -0.393 e. The van der Waals surface area contributed by atoms with Gasteiger partial charge in [0.05, 0.1) is 6.10 Å². The van der Waals surface area contributed by atoms with E-state index >= 15 is 0 Å². The van der Waals surface area contributed by atoms with Gasteiger partial charge in [-0.05, 0) is 23.1 Å². The monoisotopic (exact) mass is 254 g/mol. The van der Waals surface area contributed by atoms with Crippen LogP contribution in [0.4, 0.5) is 0 Å². The van der Waals surface area contributed by atoms with E-state index in [1.807, 2.05) is 6.07 Å². The number of hydrogen-bond acceptors (Lipinski definition) is 1. The first-order valence-electron chi connectivity index (χ1n) is 7.05. The second-order valence-corrected chi connectivity index (χ2v) is 5.13. The topological polar surface area (TPSA) is 20.2 Å². The second-order valence-electron chi connectivity index (χ2n) is 5.13. The molecular weight excluding hydrogens is 232 g/mol. The Hall–Kier alpha value is -1.60. The summed E-state index contributed by atoms with van der Waals surface area (Å²) < 4.78 is 0. The Kier molecular flexibility index (Phi) is 4.75. The third-order valence-electron chi connectivity index (χ3n) is 3.71. The molecule has 19 heavy (non-hydrogen) atoms. The van der Waals surface area contributed by atoms with Gasteiger partial charge in [-0.3, -0.25) is 0 Å². The molecule has 0 spiro atoms. The molecule has 0 bridgehead atoms. The van der Waals surface area contributed by atoms with Crippen molar-refractivity contribution >= 4 is 0 Å². The van der Waals surface area contributed by atoms with E-state index in [4.69, 9.17) is 0 Å². The van der Waals surface area contributed by atoms with Crippen LogP contribution in [0.1, 0.15) is 38.2 Å². The molecule has 0 aromatic heterocycles. The van der Waals surface area contributed by atoms with Crippen LogP contribution in [0.15, 0.2) is 54.6 Å². The van der Waals surface area contributed by atoms with Crippen LogP contribution in [0.2, 0.25) is 0 Å². The van der Waals surface area contributed by atoms with Crippen molar-refractivity contribution in [2.45, 2.75) is 38.7 Å². The highest BCUT2D eigenvalue weighted by Crippen LogP contribution is 2.25. The molecule has 0 amide bonds. The van der Waals surface area contributed by atoms with E-state index in [1.165, 1.54) is 16.7 Å². The van der Waals surface area contributed by atoms with E-state index < -0.39 is 0 Å². The average Bonchev–Trinajstić information content (AvgIpc) is 2.48. The van der Waals surface area contributed by atoms with Gasteiger partial charge in [0.2, 0.25) is 0 Å². The molecule has 2 atom stereocenters. The van der Waals surface area contributed by atoms with Crippen LogP contribution in [-0.2, 0) is 0 Å². The maximum absolute atomic E-state index is 10.1. The van der Waals surface area contributed by atoms with Gasteiger partial charge in [0, 0.05) is 5.92 Å². The zero-order valence-electron chi connectivity index (χ0n) is 11.7. The fraction of sp³-hybridized carbons (Fsp3) is 0.333. The summed E-state index contributed by atoms with van der Waals surface area (Å²) in [6, 6.07) is 18.9. The van der Waals surface area contributed by atoms with Crippen LogP contribution in [0.3, 0.4) is 0 Å². The molecule has 0 radical (unpaired) electrons. The lowest BCUT2D eigenvalue weighted by Gasteiger charge is -2.19. The molecule has 0 aliphatic carbocycles. The molecule has 0 aliphatic heterocycles. The Balaban J connectivity index is 2.15. The van der Waals surface area contributed by atoms with Gasteiger partial charge in [-0.1, -0.05) is 74.9 Å². The third kappa shape index (κ3) is 3.45. The molecule has 2 aromatic rings. The minimum atomic E-state index is -0.243. The van der Waals surface area contributed by atoms with Crippen molar-refractivity contribution in [2.24, 2.45) is 0 Å². The Morgan fingerprint density at radius 2 is 1.47 bits per heavy atom. The van der Waals surface area contributed by atoms with Crippen molar-refractivity contribution < 1.29 is 5.11 Å². The number of benzene rings is 2. The summed E-state index contributed by atoms with van der Waals surface area (Å²) in [5, 5.41) is 10.1. The van der Waals surface area contributed by atoms with E-state index in [0.29, 0.717) is 0 Å². The van der Waals surface area contributed by atoms with Gasteiger partial charge >= 0.3 is 0 Å². The normalized spacial score (nSPS) is 14.1. The van der Waals surface area contributed by atoms with Crippen molar-refractivity contribution in [2.75, 3.05) is 0 Å². The predicted octanol–water partition coefficient (Wildman–Crippen LogP) is 4.62. The Morgan fingerprint density at radius 3 is 2.05 bits per heavy atom. The van der Waals surface area contributed by atoms with E-state index in [2.05, 4.69) is 62.4 Å². The Labute approximate surface area is 115 Å². The summed E-state index contributed by atoms with van der Waals surface area (Å²) in [6.07, 6.45) is 1.64. The van der Waals surface area contributed by atoms with Crippen LogP contribution in [-0.4, -0.2) is 11.2 Å². The highest BCUT2D eigenvalue weighted by molar-refractivity contribution is 5.63. The van der Waals surface area contributed by atoms with Crippen molar-refractivity contribution in [1.29, 1.82) is 0 Å². The Bertz CT molecular complexity index is 487. The zero-order chi connectivity index (χ0) is 13.7. The first-order chi connectivity index (χ1) is 9.22. The van der Waals surface area contributed by atoms with Crippen LogP contribution >= 0.6 is 0 Å². The van der Waals surface area contributed by atoms with Gasteiger partial charge in [-0.25, -0.2) is 0 Å². The maximum atomic E-state index is 10.1. The molecule has 1 nitrogen and oxygen atoms in total. The standard InChI is InChI=1S/C18H22O/c1-3-7-18(19)14(2)15-10-12-17(13-11-15)16-8-5-4-6-9-16/h4-6,8-14,18-19H,3,7H2,1-2H3. The molecule has 2 unspecified atom stereocenters. The lowest BCUT2D eigenvalue weighted by Crippen LogP contribution is -2.15. The van der Waals surface area contributed by atoms with E-state index in [-0.39, 0.29) is 12.0 Å². The molecule has 1 N–H and O–H groups in total. The van der Waals surface area contributed by atoms with E-state index in [1.54, 1.807) is 0 Å². The smallest absolute Gasteiger partial charge is 0.0606 e. The molecule has 2 rings (SSSR count). The SMILES string of the molecule is CCCC(O)C(C)c1ccc(-c2ccccc2)cc1. The molecule has 0 heterocycles. The highest BCUT2D eigenvalue weighted by atomic mass is 16.3. The fourth-order valence-corrected chi connectivity index (χ4v) is 2.38. The van der Waals surface area contributed by atoms with Crippen molar-refractivity contribution in [3.05, 3.63) is 60.2 Å². The quantitative estimate of drug-likeness (QED) is 0.825. The largest absolute Gasteiger partial charge is 0.393 e. The molecule has 0 saturated carbocycles. The van der Waals surface area contributed by atoms with Crippen LogP contribution in [0.25, 0.3) is 11.1 Å². The first-order valence-corrected chi connectivity index (χ1v) is 7.05. The van der Waals surface area contributed by atoms with E-state index in [9.17, 15) is 5.11 Å². The average molecular weight is 254 g/mol. The summed E-state index contributed by atoms with van der Waals surface area (Å²) >= 11 is 0.